The highest BCUT2D eigenvalue weighted by Gasteiger charge is 2.42. The van der Waals surface area contributed by atoms with Crippen LogP contribution in [0.15, 0.2) is 53.1 Å². The molecule has 0 radical (unpaired) electrons. The van der Waals surface area contributed by atoms with E-state index >= 15 is 0 Å². The molecule has 2 aromatic heterocycles. The van der Waals surface area contributed by atoms with Crippen molar-refractivity contribution in [2.75, 3.05) is 13.2 Å². The number of hydrogen-bond acceptors (Lipinski definition) is 5. The van der Waals surface area contributed by atoms with Crippen molar-refractivity contribution < 1.29 is 14.3 Å². The van der Waals surface area contributed by atoms with Crippen LogP contribution in [0.25, 0.3) is 21.1 Å². The topological polar surface area (TPSA) is 45.8 Å². The number of piperidine rings is 1. The number of furan rings is 1. The number of rotatable bonds is 6. The Morgan fingerprint density at radius 3 is 2.73 bits per heavy atom. The van der Waals surface area contributed by atoms with Gasteiger partial charge in [-0.1, -0.05) is 12.1 Å². The van der Waals surface area contributed by atoms with Crippen molar-refractivity contribution in [2.45, 2.75) is 63.6 Å². The number of nitrogens with zero attached hydrogens (tertiary/aromatic N) is 1. The summed E-state index contributed by atoms with van der Waals surface area (Å²) in [5, 5.41) is 13.2. The Morgan fingerprint density at radius 1 is 1.09 bits per heavy atom. The van der Waals surface area contributed by atoms with Gasteiger partial charge in [-0.3, -0.25) is 4.90 Å². The molecule has 6 rings (SSSR count). The lowest BCUT2D eigenvalue weighted by Crippen LogP contribution is -2.47. The zero-order valence-electron chi connectivity index (χ0n) is 19.3. The van der Waals surface area contributed by atoms with Gasteiger partial charge in [0.2, 0.25) is 0 Å². The van der Waals surface area contributed by atoms with E-state index in [1.807, 2.05) is 35.6 Å². The second kappa shape index (κ2) is 8.46. The van der Waals surface area contributed by atoms with Crippen LogP contribution in [0, 0.1) is 13.8 Å². The van der Waals surface area contributed by atoms with E-state index < -0.39 is 6.10 Å². The Bertz CT molecular complexity index is 1280. The molecule has 2 bridgehead atoms. The lowest BCUT2D eigenvalue weighted by atomic mass is 9.89. The molecule has 0 saturated carbocycles. The first-order chi connectivity index (χ1) is 16.0. The highest BCUT2D eigenvalue weighted by atomic mass is 32.1. The summed E-state index contributed by atoms with van der Waals surface area (Å²) in [7, 11) is 0. The van der Waals surface area contributed by atoms with E-state index in [4.69, 9.17) is 9.15 Å². The fraction of sp³-hybridized carbons (Fsp3) is 0.429. The van der Waals surface area contributed by atoms with Crippen LogP contribution in [-0.4, -0.2) is 41.3 Å². The zero-order chi connectivity index (χ0) is 22.5. The number of aliphatic hydroxyl groups excluding tert-OH is 1. The van der Waals surface area contributed by atoms with Gasteiger partial charge in [-0.05, 0) is 92.3 Å². The van der Waals surface area contributed by atoms with Crippen molar-refractivity contribution in [1.82, 2.24) is 4.90 Å². The van der Waals surface area contributed by atoms with Crippen LogP contribution in [0.5, 0.6) is 5.75 Å². The minimum atomic E-state index is -0.498. The molecule has 2 aromatic carbocycles. The van der Waals surface area contributed by atoms with Gasteiger partial charge in [0.05, 0.1) is 11.6 Å². The third kappa shape index (κ3) is 3.96. The molecule has 3 atom stereocenters. The maximum absolute atomic E-state index is 10.8. The fourth-order valence-electron chi connectivity index (χ4n) is 6.09. The summed E-state index contributed by atoms with van der Waals surface area (Å²) < 4.78 is 12.9. The molecule has 0 amide bonds. The van der Waals surface area contributed by atoms with Crippen LogP contribution in [0.1, 0.15) is 47.6 Å². The van der Waals surface area contributed by atoms with Crippen LogP contribution >= 0.6 is 11.3 Å². The normalized spacial score (nSPS) is 24.0. The summed E-state index contributed by atoms with van der Waals surface area (Å²) in [5.41, 5.74) is 3.55. The van der Waals surface area contributed by atoms with E-state index in [0.29, 0.717) is 31.2 Å². The molecule has 5 heteroatoms. The summed E-state index contributed by atoms with van der Waals surface area (Å²) in [4.78, 5) is 4.11. The van der Waals surface area contributed by atoms with Crippen molar-refractivity contribution in [3.8, 4) is 5.75 Å². The molecule has 33 heavy (non-hydrogen) atoms. The Labute approximate surface area is 198 Å². The van der Waals surface area contributed by atoms with Crippen molar-refractivity contribution in [3.05, 3.63) is 64.7 Å². The molecule has 4 heterocycles. The standard InChI is InChI=1S/C28H31NO3S/c1-17-10-18(2)24-14-27(33-28(24)11-17)19-12-20-6-7-21(13-19)29(20)15-22(30)16-32-26-5-3-4-25-23(26)8-9-31-25/h3-5,8-11,14,19-22,30H,6-7,12-13,15-16H2,1-2H3/t19?,20?,21?,22-/m0/s1. The zero-order valence-corrected chi connectivity index (χ0v) is 20.1. The summed E-state index contributed by atoms with van der Waals surface area (Å²) in [6, 6.07) is 15.9. The molecule has 0 spiro atoms. The van der Waals surface area contributed by atoms with E-state index in [9.17, 15) is 5.11 Å². The first-order valence-corrected chi connectivity index (χ1v) is 12.9. The smallest absolute Gasteiger partial charge is 0.137 e. The van der Waals surface area contributed by atoms with Crippen molar-refractivity contribution in [3.63, 3.8) is 0 Å². The van der Waals surface area contributed by atoms with Crippen LogP contribution in [-0.2, 0) is 0 Å². The van der Waals surface area contributed by atoms with E-state index in [0.717, 1.165) is 16.7 Å². The molecule has 2 unspecified atom stereocenters. The quantitative estimate of drug-likeness (QED) is 0.360. The highest BCUT2D eigenvalue weighted by Crippen LogP contribution is 2.46. The Morgan fingerprint density at radius 2 is 1.91 bits per heavy atom. The predicted octanol–water partition coefficient (Wildman–Crippen LogP) is 6.41. The molecule has 2 aliphatic heterocycles. The second-order valence-electron chi connectivity index (χ2n) is 9.95. The average Bonchev–Trinajstić information content (AvgIpc) is 3.49. The summed E-state index contributed by atoms with van der Waals surface area (Å²) in [6.07, 6.45) is 6.06. The average molecular weight is 462 g/mol. The first kappa shape index (κ1) is 21.2. The maximum atomic E-state index is 10.8. The van der Waals surface area contributed by atoms with Crippen molar-refractivity contribution in [2.24, 2.45) is 0 Å². The third-order valence-electron chi connectivity index (χ3n) is 7.60. The molecule has 1 N–H and O–H groups in total. The van der Waals surface area contributed by atoms with Crippen LogP contribution < -0.4 is 4.74 Å². The molecule has 2 aliphatic rings. The van der Waals surface area contributed by atoms with Gasteiger partial charge in [0, 0.05) is 28.2 Å². The van der Waals surface area contributed by atoms with Gasteiger partial charge in [-0.2, -0.15) is 0 Å². The second-order valence-corrected chi connectivity index (χ2v) is 11.1. The van der Waals surface area contributed by atoms with Gasteiger partial charge in [0.15, 0.2) is 0 Å². The Kier molecular flexibility index (Phi) is 5.44. The number of hydrogen-bond donors (Lipinski definition) is 1. The van der Waals surface area contributed by atoms with Crippen molar-refractivity contribution >= 4 is 32.4 Å². The van der Waals surface area contributed by atoms with E-state index in [1.165, 1.54) is 46.9 Å². The lowest BCUT2D eigenvalue weighted by Gasteiger charge is -2.39. The van der Waals surface area contributed by atoms with Gasteiger partial charge < -0.3 is 14.3 Å². The van der Waals surface area contributed by atoms with E-state index in [-0.39, 0.29) is 0 Å². The highest BCUT2D eigenvalue weighted by molar-refractivity contribution is 7.19. The lowest BCUT2D eigenvalue weighted by molar-refractivity contribution is 0.0323. The van der Waals surface area contributed by atoms with Crippen LogP contribution in [0.4, 0.5) is 0 Å². The Balaban J connectivity index is 1.11. The largest absolute Gasteiger partial charge is 0.490 e. The van der Waals surface area contributed by atoms with E-state index in [1.54, 1.807) is 11.1 Å². The first-order valence-electron chi connectivity index (χ1n) is 12.1. The molecular weight excluding hydrogens is 430 g/mol. The summed E-state index contributed by atoms with van der Waals surface area (Å²) in [5.74, 6) is 1.42. The van der Waals surface area contributed by atoms with Gasteiger partial charge in [-0.15, -0.1) is 11.3 Å². The molecule has 4 aromatic rings. The van der Waals surface area contributed by atoms with Gasteiger partial charge >= 0.3 is 0 Å². The molecular formula is C28H31NO3S. The molecule has 172 valence electrons. The van der Waals surface area contributed by atoms with Gasteiger partial charge in [0.25, 0.3) is 0 Å². The van der Waals surface area contributed by atoms with E-state index in [2.05, 4.69) is 36.9 Å². The molecule has 2 fully saturated rings. The van der Waals surface area contributed by atoms with Gasteiger partial charge in [-0.25, -0.2) is 0 Å². The molecule has 2 saturated heterocycles. The SMILES string of the molecule is Cc1cc(C)c2cc(C3CC4CCC(C3)N4C[C@H](O)COc3cccc4occc34)sc2c1. The third-order valence-corrected chi connectivity index (χ3v) is 8.85. The number of aryl methyl sites for hydroxylation is 2. The number of ether oxygens (including phenoxy) is 1. The van der Waals surface area contributed by atoms with Crippen LogP contribution in [0.3, 0.4) is 0 Å². The minimum absolute atomic E-state index is 0.304. The van der Waals surface area contributed by atoms with Gasteiger partial charge in [0.1, 0.15) is 24.0 Å². The number of aliphatic hydroxyl groups is 1. The predicted molar refractivity (Wildman–Crippen MR) is 135 cm³/mol. The maximum Gasteiger partial charge on any atom is 0.137 e. The molecule has 4 nitrogen and oxygen atoms in total. The summed E-state index contributed by atoms with van der Waals surface area (Å²) >= 11 is 1.99. The fourth-order valence-corrected chi connectivity index (χ4v) is 7.45. The molecule has 0 aliphatic carbocycles. The Hall–Kier alpha value is -2.34. The van der Waals surface area contributed by atoms with Crippen molar-refractivity contribution in [1.29, 1.82) is 0 Å². The monoisotopic (exact) mass is 461 g/mol. The minimum Gasteiger partial charge on any atom is -0.490 e. The van der Waals surface area contributed by atoms with Crippen LogP contribution in [0.2, 0.25) is 0 Å². The number of benzene rings is 2. The number of fused-ring (bicyclic) bond motifs is 4. The summed E-state index contributed by atoms with van der Waals surface area (Å²) in [6.45, 7) is 5.41. The number of thiophene rings is 1.